The highest BCUT2D eigenvalue weighted by molar-refractivity contribution is 8.15. The number of hydrogen-bond acceptors (Lipinski definition) is 3. The largest absolute Gasteiger partial charge is 0.494 e. The maximum absolute atomic E-state index is 6.22. The molecule has 162 valence electrons. The van der Waals surface area contributed by atoms with Crippen molar-refractivity contribution in [3.63, 3.8) is 0 Å². The standard InChI is InChI=1S/C26H32BNO2S/c1-25(2)26(3,4)30-27(29-25)20-12-14-22(15-13-20)28(21-10-8-7-9-11-21)23-16-18-24(19-17-23)31(5)6/h7-19,31H,1-6H3. The summed E-state index contributed by atoms with van der Waals surface area (Å²) in [6.45, 7) is 8.34. The number of hydrogen-bond donors (Lipinski definition) is 1. The van der Waals surface area contributed by atoms with Crippen molar-refractivity contribution in [3.05, 3.63) is 78.9 Å². The van der Waals surface area contributed by atoms with Crippen LogP contribution in [-0.4, -0.2) is 30.8 Å². The van der Waals surface area contributed by atoms with Gasteiger partial charge in [-0.15, -0.1) is 0 Å². The van der Waals surface area contributed by atoms with Gasteiger partial charge in [-0.1, -0.05) is 30.3 Å². The minimum absolute atomic E-state index is 0.108. The fourth-order valence-corrected chi connectivity index (χ4v) is 4.43. The Morgan fingerprint density at radius 2 is 1.10 bits per heavy atom. The Morgan fingerprint density at radius 3 is 1.58 bits per heavy atom. The summed E-state index contributed by atoms with van der Waals surface area (Å²) in [5.74, 6) is 0. The average Bonchev–Trinajstić information content (AvgIpc) is 2.97. The van der Waals surface area contributed by atoms with Gasteiger partial charge in [0.2, 0.25) is 0 Å². The summed E-state index contributed by atoms with van der Waals surface area (Å²) in [4.78, 5) is 3.69. The van der Waals surface area contributed by atoms with Crippen LogP contribution in [0.25, 0.3) is 0 Å². The molecule has 31 heavy (non-hydrogen) atoms. The third-order valence-electron chi connectivity index (χ3n) is 6.32. The maximum Gasteiger partial charge on any atom is 0.494 e. The van der Waals surface area contributed by atoms with Crippen LogP contribution < -0.4 is 10.4 Å². The normalized spacial score (nSPS) is 17.5. The van der Waals surface area contributed by atoms with Crippen LogP contribution in [0.2, 0.25) is 0 Å². The Kier molecular flexibility index (Phi) is 5.95. The monoisotopic (exact) mass is 433 g/mol. The van der Waals surface area contributed by atoms with Crippen molar-refractivity contribution in [1.29, 1.82) is 0 Å². The Bertz CT molecular complexity index is 1000. The molecule has 1 heterocycles. The van der Waals surface area contributed by atoms with E-state index < -0.39 is 0 Å². The lowest BCUT2D eigenvalue weighted by Crippen LogP contribution is -2.41. The lowest BCUT2D eigenvalue weighted by Gasteiger charge is -2.32. The minimum atomic E-state index is -0.350. The van der Waals surface area contributed by atoms with E-state index in [4.69, 9.17) is 9.31 Å². The van der Waals surface area contributed by atoms with Crippen molar-refractivity contribution < 1.29 is 9.31 Å². The fourth-order valence-electron chi connectivity index (χ4n) is 3.68. The number of anilines is 3. The third kappa shape index (κ3) is 4.41. The first-order valence-electron chi connectivity index (χ1n) is 10.8. The molecule has 3 aromatic rings. The number of benzene rings is 3. The molecule has 5 heteroatoms. The van der Waals surface area contributed by atoms with Crippen molar-refractivity contribution in [2.75, 3.05) is 17.4 Å². The smallest absolute Gasteiger partial charge is 0.399 e. The van der Waals surface area contributed by atoms with Crippen LogP contribution in [0.4, 0.5) is 17.1 Å². The summed E-state index contributed by atoms with van der Waals surface area (Å²) in [7, 11) is -0.458. The van der Waals surface area contributed by atoms with E-state index in [2.05, 4.69) is 118 Å². The van der Waals surface area contributed by atoms with Crippen LogP contribution in [0.5, 0.6) is 0 Å². The van der Waals surface area contributed by atoms with Crippen LogP contribution in [0, 0.1) is 0 Å². The average molecular weight is 433 g/mol. The van der Waals surface area contributed by atoms with Crippen LogP contribution in [0.3, 0.4) is 0 Å². The van der Waals surface area contributed by atoms with E-state index in [0.717, 1.165) is 22.5 Å². The van der Waals surface area contributed by atoms with E-state index in [1.54, 1.807) is 0 Å². The number of para-hydroxylation sites is 1. The van der Waals surface area contributed by atoms with E-state index in [9.17, 15) is 0 Å². The molecule has 0 unspecified atom stereocenters. The van der Waals surface area contributed by atoms with Gasteiger partial charge in [0.25, 0.3) is 0 Å². The third-order valence-corrected chi connectivity index (χ3v) is 7.65. The first-order valence-corrected chi connectivity index (χ1v) is 13.0. The lowest BCUT2D eigenvalue weighted by molar-refractivity contribution is 0.00578. The van der Waals surface area contributed by atoms with Gasteiger partial charge in [-0.05, 0) is 99.1 Å². The Morgan fingerprint density at radius 1 is 0.645 bits per heavy atom. The molecular weight excluding hydrogens is 401 g/mol. The van der Waals surface area contributed by atoms with Crippen LogP contribution >= 0.6 is 10.9 Å². The van der Waals surface area contributed by atoms with Crippen molar-refractivity contribution in [3.8, 4) is 0 Å². The topological polar surface area (TPSA) is 21.7 Å². The number of nitrogens with zero attached hydrogens (tertiary/aromatic N) is 1. The predicted octanol–water partition coefficient (Wildman–Crippen LogP) is 6.08. The van der Waals surface area contributed by atoms with E-state index >= 15 is 0 Å². The Labute approximate surface area is 189 Å². The molecule has 0 amide bonds. The number of thiol groups is 1. The van der Waals surface area contributed by atoms with Crippen molar-refractivity contribution in [2.45, 2.75) is 43.8 Å². The molecule has 1 aliphatic rings. The zero-order valence-electron chi connectivity index (χ0n) is 19.3. The molecule has 0 bridgehead atoms. The highest BCUT2D eigenvalue weighted by Gasteiger charge is 2.51. The maximum atomic E-state index is 6.22. The molecule has 0 aliphatic carbocycles. The first-order chi connectivity index (χ1) is 14.7. The molecule has 4 rings (SSSR count). The summed E-state index contributed by atoms with van der Waals surface area (Å²) in [6, 6.07) is 27.9. The van der Waals surface area contributed by atoms with Crippen molar-refractivity contribution in [2.24, 2.45) is 0 Å². The predicted molar refractivity (Wildman–Crippen MR) is 136 cm³/mol. The molecular formula is C26H32BNO2S. The van der Waals surface area contributed by atoms with E-state index in [0.29, 0.717) is 0 Å². The van der Waals surface area contributed by atoms with Crippen molar-refractivity contribution >= 4 is 40.5 Å². The highest BCUT2D eigenvalue weighted by Crippen LogP contribution is 2.38. The molecule has 0 spiro atoms. The summed E-state index contributed by atoms with van der Waals surface area (Å²) in [5, 5.41) is 0. The molecule has 0 saturated carbocycles. The number of rotatable bonds is 5. The second-order valence-electron chi connectivity index (χ2n) is 9.26. The summed E-state index contributed by atoms with van der Waals surface area (Å²) in [6.07, 6.45) is 4.57. The molecule has 0 atom stereocenters. The molecule has 1 fully saturated rings. The van der Waals surface area contributed by atoms with E-state index in [-0.39, 0.29) is 29.2 Å². The van der Waals surface area contributed by atoms with Gasteiger partial charge in [0.05, 0.1) is 11.2 Å². The van der Waals surface area contributed by atoms with Gasteiger partial charge < -0.3 is 14.2 Å². The van der Waals surface area contributed by atoms with Gasteiger partial charge in [0, 0.05) is 17.1 Å². The van der Waals surface area contributed by atoms with E-state index in [1.807, 2.05) is 6.07 Å². The Hall–Kier alpha value is -2.21. The molecule has 3 aromatic carbocycles. The van der Waals surface area contributed by atoms with Crippen LogP contribution in [0.1, 0.15) is 27.7 Å². The molecule has 0 aromatic heterocycles. The van der Waals surface area contributed by atoms with Gasteiger partial charge in [-0.3, -0.25) is 0 Å². The molecule has 1 saturated heterocycles. The summed E-state index contributed by atoms with van der Waals surface area (Å²) in [5.41, 5.74) is 3.74. The quantitative estimate of drug-likeness (QED) is 0.390. The van der Waals surface area contributed by atoms with Crippen LogP contribution in [-0.2, 0) is 9.31 Å². The van der Waals surface area contributed by atoms with Gasteiger partial charge in [0.15, 0.2) is 0 Å². The van der Waals surface area contributed by atoms with Crippen LogP contribution in [0.15, 0.2) is 83.8 Å². The van der Waals surface area contributed by atoms with Gasteiger partial charge >= 0.3 is 7.12 Å². The summed E-state index contributed by atoms with van der Waals surface area (Å²) >= 11 is 0. The zero-order valence-corrected chi connectivity index (χ0v) is 20.2. The second kappa shape index (κ2) is 8.38. The SMILES string of the molecule is C[SH](C)c1ccc(N(c2ccccc2)c2ccc(B3OC(C)(C)C(C)(C)O3)cc2)cc1. The van der Waals surface area contributed by atoms with Gasteiger partial charge in [-0.25, -0.2) is 10.9 Å². The minimum Gasteiger partial charge on any atom is -0.399 e. The molecule has 1 aliphatic heterocycles. The second-order valence-corrected chi connectivity index (χ2v) is 11.6. The van der Waals surface area contributed by atoms with Gasteiger partial charge in [0.1, 0.15) is 0 Å². The van der Waals surface area contributed by atoms with Crippen molar-refractivity contribution in [1.82, 2.24) is 0 Å². The zero-order chi connectivity index (χ0) is 22.2. The fraction of sp³-hybridized carbons (Fsp3) is 0.308. The van der Waals surface area contributed by atoms with E-state index in [1.165, 1.54) is 4.90 Å². The molecule has 0 radical (unpaired) electrons. The first kappa shape index (κ1) is 22.0. The molecule has 3 nitrogen and oxygen atoms in total. The summed E-state index contributed by atoms with van der Waals surface area (Å²) < 4.78 is 12.4. The van der Waals surface area contributed by atoms with Gasteiger partial charge in [-0.2, -0.15) is 0 Å². The lowest BCUT2D eigenvalue weighted by atomic mass is 9.79. The Balaban J connectivity index is 1.67. The molecule has 0 N–H and O–H groups in total. The highest BCUT2D eigenvalue weighted by atomic mass is 32.2.